The van der Waals surface area contributed by atoms with Gasteiger partial charge in [-0.2, -0.15) is 5.26 Å². The highest BCUT2D eigenvalue weighted by Crippen LogP contribution is 2.45. The van der Waals surface area contributed by atoms with Crippen LogP contribution in [-0.2, 0) is 4.74 Å². The summed E-state index contributed by atoms with van der Waals surface area (Å²) in [5.41, 5.74) is 5.08. The third-order valence-electron chi connectivity index (χ3n) is 7.96. The molecule has 0 radical (unpaired) electrons. The maximum absolute atomic E-state index is 13.9. The Morgan fingerprint density at radius 1 is 0.944 bits per heavy atom. The topological polar surface area (TPSA) is 70.4 Å². The number of Topliss-reactive ketones (excluding diaryl/α,β-unsaturated/α-hetero) is 1. The van der Waals surface area contributed by atoms with Gasteiger partial charge in [-0.25, -0.2) is 9.18 Å². The number of fused-ring (bicyclic) bond motifs is 5. The first-order valence-electron chi connectivity index (χ1n) is 12.4. The summed E-state index contributed by atoms with van der Waals surface area (Å²) in [4.78, 5) is 28.2. The number of carbonyl (C=O) groups is 2. The quantitative estimate of drug-likeness (QED) is 0.425. The van der Waals surface area contributed by atoms with Crippen molar-refractivity contribution < 1.29 is 18.7 Å². The number of nitrogens with zero attached hydrogens (tertiary/aromatic N) is 2. The fourth-order valence-corrected chi connectivity index (χ4v) is 6.39. The Kier molecular flexibility index (Phi) is 5.56. The number of hydrogen-bond acceptors (Lipinski definition) is 4. The molecule has 2 fully saturated rings. The number of amides is 1. The monoisotopic (exact) mass is 480 g/mol. The second-order valence-electron chi connectivity index (χ2n) is 9.97. The standard InChI is InChI=1S/C30H25FN2O3/c31-21-12-18(16-32)11-19(13-21)29(34)20-14-22-9-10-23(15-20)33(22)30(35)36-17-28-26-7-3-1-5-24(26)25-6-2-4-8-27(25)28/h1-8,11-13,20,22-23,28H,9-10,14-15,17H2. The number of rotatable bonds is 4. The molecule has 3 aliphatic rings. The van der Waals surface area contributed by atoms with Crippen LogP contribution in [0.2, 0.25) is 0 Å². The molecule has 6 rings (SSSR count). The number of hydrogen-bond donors (Lipinski definition) is 0. The van der Waals surface area contributed by atoms with E-state index in [-0.39, 0.29) is 53.5 Å². The van der Waals surface area contributed by atoms with E-state index < -0.39 is 5.82 Å². The maximum atomic E-state index is 13.9. The minimum absolute atomic E-state index is 0.000395. The molecule has 3 aromatic rings. The summed E-state index contributed by atoms with van der Waals surface area (Å²) < 4.78 is 19.8. The van der Waals surface area contributed by atoms with Crippen LogP contribution in [0.25, 0.3) is 11.1 Å². The van der Waals surface area contributed by atoms with Gasteiger partial charge < -0.3 is 9.64 Å². The summed E-state index contributed by atoms with van der Waals surface area (Å²) >= 11 is 0. The van der Waals surface area contributed by atoms with Crippen LogP contribution in [0.15, 0.2) is 66.7 Å². The minimum atomic E-state index is -0.587. The Hall–Kier alpha value is -3.98. The second kappa shape index (κ2) is 8.91. The van der Waals surface area contributed by atoms with Gasteiger partial charge in [-0.05, 0) is 66.1 Å². The highest BCUT2D eigenvalue weighted by atomic mass is 19.1. The van der Waals surface area contributed by atoms with Gasteiger partial charge in [-0.3, -0.25) is 4.79 Å². The summed E-state index contributed by atoms with van der Waals surface area (Å²) in [5.74, 6) is -1.04. The molecular weight excluding hydrogens is 455 g/mol. The molecule has 0 spiro atoms. The van der Waals surface area contributed by atoms with Crippen molar-refractivity contribution >= 4 is 11.9 Å². The Balaban J connectivity index is 1.15. The first-order valence-corrected chi connectivity index (χ1v) is 12.4. The van der Waals surface area contributed by atoms with E-state index in [1.807, 2.05) is 35.2 Å². The third kappa shape index (κ3) is 3.76. The fraction of sp³-hybridized carbons (Fsp3) is 0.300. The first-order chi connectivity index (χ1) is 17.5. The number of ketones is 1. The van der Waals surface area contributed by atoms with E-state index in [4.69, 9.17) is 10.00 Å². The van der Waals surface area contributed by atoms with Crippen molar-refractivity contribution in [2.45, 2.75) is 43.7 Å². The van der Waals surface area contributed by atoms with Gasteiger partial charge in [0, 0.05) is 29.5 Å². The van der Waals surface area contributed by atoms with Crippen LogP contribution in [0, 0.1) is 23.1 Å². The number of carbonyl (C=O) groups excluding carboxylic acids is 2. The molecule has 2 bridgehead atoms. The number of halogens is 1. The summed E-state index contributed by atoms with van der Waals surface area (Å²) in [7, 11) is 0. The lowest BCUT2D eigenvalue weighted by Crippen LogP contribution is -2.48. The summed E-state index contributed by atoms with van der Waals surface area (Å²) in [6.45, 7) is 0.269. The average molecular weight is 481 g/mol. The van der Waals surface area contributed by atoms with Crippen LogP contribution < -0.4 is 0 Å². The minimum Gasteiger partial charge on any atom is -0.448 e. The van der Waals surface area contributed by atoms with Crippen LogP contribution in [0.1, 0.15) is 58.6 Å². The van der Waals surface area contributed by atoms with Crippen LogP contribution >= 0.6 is 0 Å². The van der Waals surface area contributed by atoms with Gasteiger partial charge in [-0.15, -0.1) is 0 Å². The Labute approximate surface area is 209 Å². The molecule has 36 heavy (non-hydrogen) atoms. The van der Waals surface area contributed by atoms with Gasteiger partial charge in [0.1, 0.15) is 12.4 Å². The first kappa shape index (κ1) is 22.5. The molecule has 180 valence electrons. The second-order valence-corrected chi connectivity index (χ2v) is 9.97. The van der Waals surface area contributed by atoms with Gasteiger partial charge in [0.15, 0.2) is 5.78 Å². The number of ether oxygens (including phenoxy) is 1. The predicted octanol–water partition coefficient (Wildman–Crippen LogP) is 6.07. The van der Waals surface area contributed by atoms with Crippen LogP contribution in [-0.4, -0.2) is 35.5 Å². The molecular formula is C30H25FN2O3. The van der Waals surface area contributed by atoms with Gasteiger partial charge in [0.2, 0.25) is 0 Å². The molecule has 0 N–H and O–H groups in total. The van der Waals surface area contributed by atoms with Crippen molar-refractivity contribution in [3.05, 3.63) is 94.8 Å². The number of nitriles is 1. The van der Waals surface area contributed by atoms with Crippen molar-refractivity contribution in [3.63, 3.8) is 0 Å². The molecule has 1 amide bonds. The smallest absolute Gasteiger partial charge is 0.410 e. The molecule has 5 nitrogen and oxygen atoms in total. The van der Waals surface area contributed by atoms with E-state index >= 15 is 0 Å². The van der Waals surface area contributed by atoms with Crippen LogP contribution in [0.4, 0.5) is 9.18 Å². The fourth-order valence-electron chi connectivity index (χ4n) is 6.39. The summed E-state index contributed by atoms with van der Waals surface area (Å²) in [6, 6.07) is 22.0. The lowest BCUT2D eigenvalue weighted by atomic mass is 9.84. The zero-order chi connectivity index (χ0) is 24.8. The molecule has 3 aromatic carbocycles. The van der Waals surface area contributed by atoms with Gasteiger partial charge in [-0.1, -0.05) is 48.5 Å². The van der Waals surface area contributed by atoms with E-state index in [2.05, 4.69) is 24.3 Å². The normalized spacial score (nSPS) is 22.0. The predicted molar refractivity (Wildman–Crippen MR) is 132 cm³/mol. The molecule has 2 atom stereocenters. The number of piperidine rings is 1. The van der Waals surface area contributed by atoms with Gasteiger partial charge in [0.25, 0.3) is 0 Å². The Morgan fingerprint density at radius 2 is 1.56 bits per heavy atom. The lowest BCUT2D eigenvalue weighted by Gasteiger charge is -2.37. The SMILES string of the molecule is N#Cc1cc(F)cc(C(=O)C2CC3CCC(C2)N3C(=O)OCC2c3ccccc3-c3ccccc32)c1. The van der Waals surface area contributed by atoms with E-state index in [9.17, 15) is 14.0 Å². The van der Waals surface area contributed by atoms with Crippen molar-refractivity contribution in [2.24, 2.45) is 5.92 Å². The van der Waals surface area contributed by atoms with Crippen molar-refractivity contribution in [1.82, 2.24) is 4.90 Å². The molecule has 2 heterocycles. The molecule has 2 unspecified atom stereocenters. The number of benzene rings is 3. The molecule has 0 aromatic heterocycles. The molecule has 1 aliphatic carbocycles. The highest BCUT2D eigenvalue weighted by molar-refractivity contribution is 5.98. The van der Waals surface area contributed by atoms with Crippen molar-refractivity contribution in [2.75, 3.05) is 6.61 Å². The van der Waals surface area contributed by atoms with E-state index in [0.29, 0.717) is 12.8 Å². The molecule has 2 aliphatic heterocycles. The largest absolute Gasteiger partial charge is 0.448 e. The van der Waals surface area contributed by atoms with Crippen molar-refractivity contribution in [1.29, 1.82) is 5.26 Å². The molecule has 0 saturated carbocycles. The summed E-state index contributed by atoms with van der Waals surface area (Å²) in [5, 5.41) is 9.12. The lowest BCUT2D eigenvalue weighted by molar-refractivity contribution is 0.0506. The van der Waals surface area contributed by atoms with Gasteiger partial charge >= 0.3 is 6.09 Å². The average Bonchev–Trinajstić information content (AvgIpc) is 3.36. The zero-order valence-corrected chi connectivity index (χ0v) is 19.7. The third-order valence-corrected chi connectivity index (χ3v) is 7.96. The Bertz CT molecular complexity index is 1350. The zero-order valence-electron chi connectivity index (χ0n) is 19.7. The van der Waals surface area contributed by atoms with E-state index in [1.54, 1.807) is 0 Å². The van der Waals surface area contributed by atoms with E-state index in [0.717, 1.165) is 18.9 Å². The molecule has 2 saturated heterocycles. The van der Waals surface area contributed by atoms with E-state index in [1.165, 1.54) is 34.4 Å². The van der Waals surface area contributed by atoms with Crippen molar-refractivity contribution in [3.8, 4) is 17.2 Å². The maximum Gasteiger partial charge on any atom is 0.410 e. The summed E-state index contributed by atoms with van der Waals surface area (Å²) in [6.07, 6.45) is 2.37. The van der Waals surface area contributed by atoms with Crippen LogP contribution in [0.5, 0.6) is 0 Å². The van der Waals surface area contributed by atoms with Crippen LogP contribution in [0.3, 0.4) is 0 Å². The highest BCUT2D eigenvalue weighted by Gasteiger charge is 2.46. The van der Waals surface area contributed by atoms with Gasteiger partial charge in [0.05, 0.1) is 11.6 Å². The molecule has 6 heteroatoms. The Morgan fingerprint density at radius 3 is 2.17 bits per heavy atom.